The summed E-state index contributed by atoms with van der Waals surface area (Å²) in [5.74, 6) is -0.362. The van der Waals surface area contributed by atoms with Crippen molar-refractivity contribution in [3.05, 3.63) is 71.8 Å². The standard InChI is InChI=1S/C25H33NO8/c27-24(23-9-5-2-6-10-23)33-20-19-32-18-17-31-16-15-30-14-13-29-12-11-26-25(28)34-21-22-7-3-1-4-8-22/h1-10H,11-21H2,(H,26,28). The molecular weight excluding hydrogens is 442 g/mol. The van der Waals surface area contributed by atoms with Gasteiger partial charge in [-0.3, -0.25) is 0 Å². The summed E-state index contributed by atoms with van der Waals surface area (Å²) in [6.45, 7) is 4.07. The van der Waals surface area contributed by atoms with Gasteiger partial charge in [0.1, 0.15) is 13.2 Å². The van der Waals surface area contributed by atoms with Crippen molar-refractivity contribution in [1.29, 1.82) is 0 Å². The van der Waals surface area contributed by atoms with Gasteiger partial charge in [-0.15, -0.1) is 0 Å². The molecule has 0 spiro atoms. The van der Waals surface area contributed by atoms with Crippen molar-refractivity contribution in [1.82, 2.24) is 5.32 Å². The Labute approximate surface area is 200 Å². The van der Waals surface area contributed by atoms with Crippen LogP contribution in [0.1, 0.15) is 15.9 Å². The lowest BCUT2D eigenvalue weighted by Crippen LogP contribution is -2.28. The first-order chi connectivity index (χ1) is 16.8. The summed E-state index contributed by atoms with van der Waals surface area (Å²) in [7, 11) is 0. The monoisotopic (exact) mass is 475 g/mol. The first-order valence-electron chi connectivity index (χ1n) is 11.2. The molecule has 0 aliphatic carbocycles. The number of ether oxygens (including phenoxy) is 6. The Morgan fingerprint density at radius 1 is 0.588 bits per heavy atom. The minimum absolute atomic E-state index is 0.196. The summed E-state index contributed by atoms with van der Waals surface area (Å²) >= 11 is 0. The van der Waals surface area contributed by atoms with E-state index in [4.69, 9.17) is 28.4 Å². The molecule has 0 unspecified atom stereocenters. The first-order valence-corrected chi connectivity index (χ1v) is 11.2. The fraction of sp³-hybridized carbons (Fsp3) is 0.440. The predicted octanol–water partition coefficient (Wildman–Crippen LogP) is 2.84. The van der Waals surface area contributed by atoms with Crippen molar-refractivity contribution in [3.8, 4) is 0 Å². The normalized spacial score (nSPS) is 10.6. The van der Waals surface area contributed by atoms with Crippen LogP contribution in [-0.4, -0.2) is 78.1 Å². The van der Waals surface area contributed by atoms with Gasteiger partial charge in [0.2, 0.25) is 0 Å². The average molecular weight is 476 g/mol. The number of hydrogen-bond acceptors (Lipinski definition) is 8. The number of nitrogens with one attached hydrogen (secondary N) is 1. The summed E-state index contributed by atoms with van der Waals surface area (Å²) in [6.07, 6.45) is -0.474. The van der Waals surface area contributed by atoms with Crippen LogP contribution < -0.4 is 5.32 Å². The van der Waals surface area contributed by atoms with Crippen LogP contribution in [0, 0.1) is 0 Å². The highest BCUT2D eigenvalue weighted by Gasteiger charge is 2.05. The molecule has 0 saturated carbocycles. The minimum atomic E-state index is -0.474. The predicted molar refractivity (Wildman–Crippen MR) is 125 cm³/mol. The van der Waals surface area contributed by atoms with Crippen LogP contribution in [0.4, 0.5) is 4.79 Å². The van der Waals surface area contributed by atoms with Gasteiger partial charge in [-0.25, -0.2) is 9.59 Å². The van der Waals surface area contributed by atoms with E-state index in [0.717, 1.165) is 5.56 Å². The number of esters is 1. The molecule has 186 valence electrons. The van der Waals surface area contributed by atoms with Crippen molar-refractivity contribution in [3.63, 3.8) is 0 Å². The number of hydrogen-bond donors (Lipinski definition) is 1. The van der Waals surface area contributed by atoms with Crippen LogP contribution >= 0.6 is 0 Å². The lowest BCUT2D eigenvalue weighted by atomic mass is 10.2. The Bertz CT molecular complexity index is 788. The number of rotatable bonds is 18. The molecule has 0 radical (unpaired) electrons. The van der Waals surface area contributed by atoms with E-state index in [1.165, 1.54) is 0 Å². The maximum absolute atomic E-state index is 11.7. The Morgan fingerprint density at radius 2 is 1.09 bits per heavy atom. The molecule has 2 rings (SSSR count). The molecule has 0 aliphatic heterocycles. The largest absolute Gasteiger partial charge is 0.460 e. The third-order valence-electron chi connectivity index (χ3n) is 4.31. The molecule has 0 fully saturated rings. The van der Waals surface area contributed by atoms with Crippen molar-refractivity contribution in [2.24, 2.45) is 0 Å². The Kier molecular flexibility index (Phi) is 14.8. The summed E-state index contributed by atoms with van der Waals surface area (Å²) in [4.78, 5) is 23.3. The first kappa shape index (κ1) is 27.3. The lowest BCUT2D eigenvalue weighted by molar-refractivity contribution is -0.00871. The van der Waals surface area contributed by atoms with E-state index in [0.29, 0.717) is 65.0 Å². The topological polar surface area (TPSA) is 102 Å². The van der Waals surface area contributed by atoms with Crippen molar-refractivity contribution in [2.75, 3.05) is 66.0 Å². The van der Waals surface area contributed by atoms with Gasteiger partial charge in [0.25, 0.3) is 0 Å². The van der Waals surface area contributed by atoms with Crippen molar-refractivity contribution in [2.45, 2.75) is 6.61 Å². The van der Waals surface area contributed by atoms with Gasteiger partial charge in [0, 0.05) is 6.54 Å². The van der Waals surface area contributed by atoms with E-state index < -0.39 is 6.09 Å². The fourth-order valence-electron chi connectivity index (χ4n) is 2.61. The molecule has 9 nitrogen and oxygen atoms in total. The van der Waals surface area contributed by atoms with Crippen LogP contribution in [0.15, 0.2) is 60.7 Å². The van der Waals surface area contributed by atoms with E-state index in [2.05, 4.69) is 5.32 Å². The maximum atomic E-state index is 11.7. The molecule has 1 N–H and O–H groups in total. The molecule has 9 heteroatoms. The van der Waals surface area contributed by atoms with Crippen molar-refractivity contribution < 1.29 is 38.0 Å². The SMILES string of the molecule is O=C(NCCOCCOCCOCCOCCOC(=O)c1ccccc1)OCc1ccccc1. The third-order valence-corrected chi connectivity index (χ3v) is 4.31. The highest BCUT2D eigenvalue weighted by atomic mass is 16.6. The summed E-state index contributed by atoms with van der Waals surface area (Å²) in [5.41, 5.74) is 1.46. The molecule has 0 atom stereocenters. The number of amides is 1. The van der Waals surface area contributed by atoms with E-state index in [1.54, 1.807) is 24.3 Å². The van der Waals surface area contributed by atoms with Crippen LogP contribution in [0.25, 0.3) is 0 Å². The molecular formula is C25H33NO8. The quantitative estimate of drug-likeness (QED) is 0.259. The van der Waals surface area contributed by atoms with E-state index in [1.807, 2.05) is 36.4 Å². The zero-order valence-corrected chi connectivity index (χ0v) is 19.3. The second kappa shape index (κ2) is 18.4. The molecule has 0 aromatic heterocycles. The lowest BCUT2D eigenvalue weighted by Gasteiger charge is -2.09. The van der Waals surface area contributed by atoms with Crippen LogP contribution in [0.2, 0.25) is 0 Å². The number of alkyl carbamates (subject to hydrolysis) is 1. The van der Waals surface area contributed by atoms with E-state index >= 15 is 0 Å². The molecule has 1 amide bonds. The number of benzene rings is 2. The van der Waals surface area contributed by atoms with Gasteiger partial charge >= 0.3 is 12.1 Å². The Morgan fingerprint density at radius 3 is 1.68 bits per heavy atom. The van der Waals surface area contributed by atoms with Gasteiger partial charge in [0.15, 0.2) is 0 Å². The van der Waals surface area contributed by atoms with Gasteiger partial charge < -0.3 is 33.7 Å². The molecule has 0 bridgehead atoms. The van der Waals surface area contributed by atoms with Gasteiger partial charge in [0.05, 0.1) is 58.4 Å². The second-order valence-electron chi connectivity index (χ2n) is 6.94. The van der Waals surface area contributed by atoms with Gasteiger partial charge in [-0.05, 0) is 17.7 Å². The van der Waals surface area contributed by atoms with E-state index in [-0.39, 0.29) is 19.2 Å². The maximum Gasteiger partial charge on any atom is 0.407 e. The summed E-state index contributed by atoms with van der Waals surface area (Å²) in [5, 5.41) is 2.63. The zero-order chi connectivity index (χ0) is 24.1. The van der Waals surface area contributed by atoms with Gasteiger partial charge in [-0.2, -0.15) is 0 Å². The second-order valence-corrected chi connectivity index (χ2v) is 6.94. The van der Waals surface area contributed by atoms with E-state index in [9.17, 15) is 9.59 Å². The van der Waals surface area contributed by atoms with Crippen LogP contribution in [0.5, 0.6) is 0 Å². The summed E-state index contributed by atoms with van der Waals surface area (Å²) in [6, 6.07) is 18.3. The van der Waals surface area contributed by atoms with Crippen LogP contribution in [0.3, 0.4) is 0 Å². The average Bonchev–Trinajstić information content (AvgIpc) is 2.88. The number of carbonyl (C=O) groups is 2. The highest BCUT2D eigenvalue weighted by molar-refractivity contribution is 5.89. The van der Waals surface area contributed by atoms with Crippen LogP contribution in [-0.2, 0) is 35.0 Å². The number of carbonyl (C=O) groups excluding carboxylic acids is 2. The molecule has 0 saturated heterocycles. The Balaban J connectivity index is 1.27. The molecule has 34 heavy (non-hydrogen) atoms. The highest BCUT2D eigenvalue weighted by Crippen LogP contribution is 2.01. The third kappa shape index (κ3) is 13.5. The smallest absolute Gasteiger partial charge is 0.407 e. The van der Waals surface area contributed by atoms with Crippen molar-refractivity contribution >= 4 is 12.1 Å². The fourth-order valence-corrected chi connectivity index (χ4v) is 2.61. The molecule has 0 heterocycles. The zero-order valence-electron chi connectivity index (χ0n) is 19.3. The summed E-state index contributed by atoms with van der Waals surface area (Å²) < 4.78 is 31.7. The molecule has 2 aromatic carbocycles. The van der Waals surface area contributed by atoms with Gasteiger partial charge in [-0.1, -0.05) is 48.5 Å². The molecule has 2 aromatic rings. The Hall–Kier alpha value is -2.98. The minimum Gasteiger partial charge on any atom is -0.460 e. The molecule has 0 aliphatic rings.